The molecule has 0 spiro atoms. The Morgan fingerprint density at radius 2 is 1.88 bits per heavy atom. The summed E-state index contributed by atoms with van der Waals surface area (Å²) in [5.74, 6) is -0.591. The highest BCUT2D eigenvalue weighted by atomic mass is 32.2. The Hall–Kier alpha value is -2.03. The molecule has 1 aliphatic heterocycles. The normalized spacial score (nSPS) is 20.1. The molecule has 0 aliphatic carbocycles. The quantitative estimate of drug-likeness (QED) is 0.587. The Balaban J connectivity index is 1.77. The zero-order chi connectivity index (χ0) is 17.9. The molecule has 2 atom stereocenters. The standard InChI is InChI=1S/C17H18N2O4S2/c20-15(14-7-4-9-24-14)16(18-13-8-10-25(22,23)11-13)19-17(21)12-5-2-1-3-6-12/h1-7,9,13,16,18H,8,10-11H2,(H,19,21)/t13-,16+/m0/s1. The Bertz CT molecular complexity index is 848. The average Bonchev–Trinajstić information content (AvgIpc) is 3.24. The van der Waals surface area contributed by atoms with Crippen molar-refractivity contribution in [3.8, 4) is 0 Å². The summed E-state index contributed by atoms with van der Waals surface area (Å²) in [5.41, 5.74) is 0.437. The van der Waals surface area contributed by atoms with Gasteiger partial charge in [0.2, 0.25) is 5.78 Å². The van der Waals surface area contributed by atoms with Crippen molar-refractivity contribution in [1.82, 2.24) is 10.6 Å². The van der Waals surface area contributed by atoms with Crippen molar-refractivity contribution in [3.05, 3.63) is 58.3 Å². The molecule has 1 aromatic carbocycles. The van der Waals surface area contributed by atoms with Gasteiger partial charge in [-0.15, -0.1) is 11.3 Å². The van der Waals surface area contributed by atoms with Crippen molar-refractivity contribution in [2.75, 3.05) is 11.5 Å². The zero-order valence-corrected chi connectivity index (χ0v) is 15.0. The SMILES string of the molecule is O=C(N[C@@H](N[C@H]1CCS(=O)(=O)C1)C(=O)c1cccs1)c1ccccc1. The molecule has 3 rings (SSSR count). The number of nitrogens with one attached hydrogen (secondary N) is 2. The summed E-state index contributed by atoms with van der Waals surface area (Å²) >= 11 is 1.28. The van der Waals surface area contributed by atoms with E-state index in [9.17, 15) is 18.0 Å². The van der Waals surface area contributed by atoms with Crippen molar-refractivity contribution in [2.24, 2.45) is 0 Å². The second kappa shape index (κ2) is 7.47. The van der Waals surface area contributed by atoms with Crippen molar-refractivity contribution in [3.63, 3.8) is 0 Å². The van der Waals surface area contributed by atoms with Gasteiger partial charge in [0.1, 0.15) is 6.17 Å². The van der Waals surface area contributed by atoms with Gasteiger partial charge in [-0.3, -0.25) is 14.9 Å². The molecule has 2 aromatic rings. The molecule has 25 heavy (non-hydrogen) atoms. The minimum atomic E-state index is -3.09. The molecule has 0 bridgehead atoms. The second-order valence-corrected chi connectivity index (χ2v) is 9.06. The van der Waals surface area contributed by atoms with E-state index in [1.54, 1.807) is 47.8 Å². The van der Waals surface area contributed by atoms with Crippen LogP contribution in [-0.2, 0) is 9.84 Å². The Labute approximate surface area is 150 Å². The van der Waals surface area contributed by atoms with Crippen LogP contribution in [0.3, 0.4) is 0 Å². The van der Waals surface area contributed by atoms with Crippen molar-refractivity contribution in [2.45, 2.75) is 18.6 Å². The summed E-state index contributed by atoms with van der Waals surface area (Å²) in [6.07, 6.45) is -0.540. The molecule has 0 unspecified atom stereocenters. The predicted molar refractivity (Wildman–Crippen MR) is 96.5 cm³/mol. The average molecular weight is 378 g/mol. The molecular formula is C17H18N2O4S2. The van der Waals surface area contributed by atoms with Gasteiger partial charge >= 0.3 is 0 Å². The first-order valence-corrected chi connectivity index (χ1v) is 10.5. The Kier molecular flexibility index (Phi) is 5.31. The second-order valence-electron chi connectivity index (χ2n) is 5.88. The van der Waals surface area contributed by atoms with Crippen LogP contribution in [0, 0.1) is 0 Å². The van der Waals surface area contributed by atoms with E-state index < -0.39 is 16.0 Å². The van der Waals surface area contributed by atoms with Gasteiger partial charge in [0.25, 0.3) is 5.91 Å². The third-order valence-corrected chi connectivity index (χ3v) is 6.62. The van der Waals surface area contributed by atoms with E-state index in [2.05, 4.69) is 10.6 Å². The van der Waals surface area contributed by atoms with Crippen LogP contribution in [-0.4, -0.2) is 43.8 Å². The number of carbonyl (C=O) groups is 2. The number of Topliss-reactive ketones (excluding diaryl/α,β-unsaturated/α-hetero) is 1. The predicted octanol–water partition coefficient (Wildman–Crippen LogP) is 1.46. The monoisotopic (exact) mass is 378 g/mol. The number of hydrogen-bond donors (Lipinski definition) is 2. The van der Waals surface area contributed by atoms with E-state index in [1.807, 2.05) is 0 Å². The molecule has 2 N–H and O–H groups in total. The van der Waals surface area contributed by atoms with Gasteiger partial charge in [-0.05, 0) is 30.0 Å². The summed E-state index contributed by atoms with van der Waals surface area (Å²) in [7, 11) is -3.09. The Morgan fingerprint density at radius 3 is 2.48 bits per heavy atom. The largest absolute Gasteiger partial charge is 0.330 e. The van der Waals surface area contributed by atoms with E-state index in [4.69, 9.17) is 0 Å². The smallest absolute Gasteiger partial charge is 0.252 e. The fourth-order valence-corrected chi connectivity index (χ4v) is 5.09. The number of ketones is 1. The number of carbonyl (C=O) groups excluding carboxylic acids is 2. The van der Waals surface area contributed by atoms with E-state index >= 15 is 0 Å². The molecule has 1 amide bonds. The number of benzene rings is 1. The first kappa shape index (κ1) is 17.8. The maximum Gasteiger partial charge on any atom is 0.252 e. The zero-order valence-electron chi connectivity index (χ0n) is 13.3. The molecule has 1 aliphatic rings. The number of thiophene rings is 1. The lowest BCUT2D eigenvalue weighted by Gasteiger charge is -2.22. The molecule has 132 valence electrons. The lowest BCUT2D eigenvalue weighted by molar-refractivity contribution is 0.0834. The lowest BCUT2D eigenvalue weighted by atomic mass is 10.1. The van der Waals surface area contributed by atoms with Gasteiger partial charge in [0.05, 0.1) is 16.4 Å². The number of rotatable bonds is 6. The van der Waals surface area contributed by atoms with Gasteiger partial charge in [-0.2, -0.15) is 0 Å². The maximum atomic E-state index is 12.7. The highest BCUT2D eigenvalue weighted by Gasteiger charge is 2.32. The molecule has 1 saturated heterocycles. The van der Waals surface area contributed by atoms with Crippen LogP contribution in [0.2, 0.25) is 0 Å². The van der Waals surface area contributed by atoms with E-state index in [1.165, 1.54) is 11.3 Å². The summed E-state index contributed by atoms with van der Waals surface area (Å²) in [4.78, 5) is 25.6. The van der Waals surface area contributed by atoms with Crippen LogP contribution in [0.15, 0.2) is 47.8 Å². The highest BCUT2D eigenvalue weighted by Crippen LogP contribution is 2.15. The molecule has 2 heterocycles. The first-order valence-electron chi connectivity index (χ1n) is 7.85. The van der Waals surface area contributed by atoms with Crippen molar-refractivity contribution in [1.29, 1.82) is 0 Å². The third-order valence-electron chi connectivity index (χ3n) is 3.97. The van der Waals surface area contributed by atoms with Crippen LogP contribution < -0.4 is 10.6 Å². The maximum absolute atomic E-state index is 12.7. The van der Waals surface area contributed by atoms with Crippen molar-refractivity contribution < 1.29 is 18.0 Å². The van der Waals surface area contributed by atoms with Gasteiger partial charge in [-0.25, -0.2) is 8.42 Å². The molecule has 8 heteroatoms. The summed E-state index contributed by atoms with van der Waals surface area (Å²) in [6, 6.07) is 11.7. The lowest BCUT2D eigenvalue weighted by Crippen LogP contribution is -2.54. The molecular weight excluding hydrogens is 360 g/mol. The summed E-state index contributed by atoms with van der Waals surface area (Å²) in [6.45, 7) is 0. The fraction of sp³-hybridized carbons (Fsp3) is 0.294. The van der Waals surface area contributed by atoms with E-state index in [-0.39, 0.29) is 29.2 Å². The molecule has 0 radical (unpaired) electrons. The topological polar surface area (TPSA) is 92.3 Å². The summed E-state index contributed by atoms with van der Waals surface area (Å²) < 4.78 is 23.3. The van der Waals surface area contributed by atoms with Gasteiger partial charge in [0, 0.05) is 11.6 Å². The van der Waals surface area contributed by atoms with Crippen LogP contribution in [0.4, 0.5) is 0 Å². The van der Waals surface area contributed by atoms with E-state index in [0.29, 0.717) is 16.9 Å². The summed E-state index contributed by atoms with van der Waals surface area (Å²) in [5, 5.41) is 7.48. The fourth-order valence-electron chi connectivity index (χ4n) is 2.71. The van der Waals surface area contributed by atoms with Crippen LogP contribution in [0.25, 0.3) is 0 Å². The first-order chi connectivity index (χ1) is 11.9. The van der Waals surface area contributed by atoms with Crippen LogP contribution in [0.5, 0.6) is 0 Å². The molecule has 1 fully saturated rings. The van der Waals surface area contributed by atoms with Crippen LogP contribution in [0.1, 0.15) is 26.5 Å². The molecule has 0 saturated carbocycles. The molecule has 1 aromatic heterocycles. The van der Waals surface area contributed by atoms with Gasteiger partial charge in [0.15, 0.2) is 9.84 Å². The van der Waals surface area contributed by atoms with Gasteiger partial charge in [-0.1, -0.05) is 24.3 Å². The minimum Gasteiger partial charge on any atom is -0.330 e. The Morgan fingerprint density at radius 1 is 1.12 bits per heavy atom. The van der Waals surface area contributed by atoms with Crippen molar-refractivity contribution >= 4 is 32.9 Å². The highest BCUT2D eigenvalue weighted by molar-refractivity contribution is 7.91. The van der Waals surface area contributed by atoms with Crippen LogP contribution >= 0.6 is 11.3 Å². The minimum absolute atomic E-state index is 0.0254. The number of hydrogen-bond acceptors (Lipinski definition) is 6. The third kappa shape index (κ3) is 4.53. The molecule has 6 nitrogen and oxygen atoms in total. The van der Waals surface area contributed by atoms with E-state index in [0.717, 1.165) is 0 Å². The number of sulfone groups is 1. The number of amides is 1. The van der Waals surface area contributed by atoms with Gasteiger partial charge < -0.3 is 5.32 Å².